The lowest BCUT2D eigenvalue weighted by atomic mass is 9.28. The number of hydrogen-bond donors (Lipinski definition) is 0. The molecule has 6 rings (SSSR count). The topological polar surface area (TPSA) is 0 Å². The summed E-state index contributed by atoms with van der Waals surface area (Å²) in [5.74, 6) is 8.40. The fraction of sp³-hybridized carbons (Fsp3) is 1.00. The molecule has 11 unspecified atom stereocenters. The maximum Gasteiger partial charge on any atom is -0.0140 e. The fourth-order valence-electron chi connectivity index (χ4n) is 10.0. The van der Waals surface area contributed by atoms with E-state index < -0.39 is 0 Å². The third-order valence-corrected chi connectivity index (χ3v) is 10.3. The van der Waals surface area contributed by atoms with Gasteiger partial charge in [0.15, 0.2) is 0 Å². The predicted octanol–water partition coefficient (Wildman–Crippen LogP) is 4.45. The Labute approximate surface area is 112 Å². The molecule has 0 aromatic heterocycles. The zero-order valence-corrected chi connectivity index (χ0v) is 12.8. The zero-order valence-electron chi connectivity index (χ0n) is 12.8. The quantitative estimate of drug-likeness (QED) is 0.590. The molecule has 0 aromatic carbocycles. The molecule has 0 nitrogen and oxygen atoms in total. The van der Waals surface area contributed by atoms with Crippen molar-refractivity contribution >= 4 is 0 Å². The minimum atomic E-state index is 0.668. The van der Waals surface area contributed by atoms with E-state index in [0.29, 0.717) is 10.8 Å². The third-order valence-electron chi connectivity index (χ3n) is 10.3. The summed E-state index contributed by atoms with van der Waals surface area (Å²) >= 11 is 0. The highest BCUT2D eigenvalue weighted by molar-refractivity contribution is 5.40. The molecule has 1 spiro atoms. The minimum Gasteiger partial charge on any atom is -0.0619 e. The van der Waals surface area contributed by atoms with Gasteiger partial charge in [-0.05, 0) is 70.0 Å². The van der Waals surface area contributed by atoms with Crippen LogP contribution in [0.25, 0.3) is 0 Å². The second-order valence-electron chi connectivity index (χ2n) is 9.27. The van der Waals surface area contributed by atoms with Gasteiger partial charge in [-0.15, -0.1) is 0 Å². The second-order valence-corrected chi connectivity index (χ2v) is 9.27. The molecule has 0 aromatic rings. The number of rotatable bonds is 0. The van der Waals surface area contributed by atoms with Crippen LogP contribution in [0, 0.1) is 63.6 Å². The molecule has 6 aliphatic rings. The summed E-state index contributed by atoms with van der Waals surface area (Å²) in [6, 6.07) is 0. The standard InChI is InChI=1S/C18H28/c1-8-13-12-7-16(5)10(3)15(13)18(9(12)2)14(8)11(4)17(16,18)6/h8-15H,7H2,1-6H3. The van der Waals surface area contributed by atoms with Crippen LogP contribution in [0.5, 0.6) is 0 Å². The van der Waals surface area contributed by atoms with Crippen molar-refractivity contribution in [3.8, 4) is 0 Å². The summed E-state index contributed by atoms with van der Waals surface area (Å²) in [5.41, 5.74) is 2.11. The average molecular weight is 244 g/mol. The van der Waals surface area contributed by atoms with E-state index in [-0.39, 0.29) is 0 Å². The molecule has 6 fully saturated rings. The first-order valence-corrected chi connectivity index (χ1v) is 8.35. The van der Waals surface area contributed by atoms with E-state index in [4.69, 9.17) is 0 Å². The van der Waals surface area contributed by atoms with E-state index in [1.165, 1.54) is 0 Å². The molecule has 11 atom stereocenters. The van der Waals surface area contributed by atoms with Crippen LogP contribution in [0.15, 0.2) is 0 Å². The van der Waals surface area contributed by atoms with Crippen molar-refractivity contribution < 1.29 is 0 Å². The smallest absolute Gasteiger partial charge is 0.0140 e. The first-order valence-electron chi connectivity index (χ1n) is 8.35. The van der Waals surface area contributed by atoms with E-state index >= 15 is 0 Å². The van der Waals surface area contributed by atoms with Crippen LogP contribution in [0.1, 0.15) is 48.0 Å². The maximum atomic E-state index is 2.71. The van der Waals surface area contributed by atoms with E-state index in [1.807, 2.05) is 0 Å². The van der Waals surface area contributed by atoms with Gasteiger partial charge in [0.05, 0.1) is 0 Å². The minimum absolute atomic E-state index is 0.668. The van der Waals surface area contributed by atoms with Crippen molar-refractivity contribution in [3.63, 3.8) is 0 Å². The zero-order chi connectivity index (χ0) is 12.8. The highest BCUT2D eigenvalue weighted by Crippen LogP contribution is 2.97. The molecule has 0 radical (unpaired) electrons. The maximum absolute atomic E-state index is 2.71. The summed E-state index contributed by atoms with van der Waals surface area (Å²) in [4.78, 5) is 0. The summed E-state index contributed by atoms with van der Waals surface area (Å²) < 4.78 is 0. The highest BCUT2D eigenvalue weighted by Gasteiger charge is 2.93. The molecule has 0 heterocycles. The van der Waals surface area contributed by atoms with Gasteiger partial charge in [0, 0.05) is 0 Å². The molecule has 0 N–H and O–H groups in total. The van der Waals surface area contributed by atoms with Crippen LogP contribution in [0.2, 0.25) is 0 Å². The SMILES string of the molecule is CC1C2C3CC4(C)C(C)C2C2(C3C)C1C(C)C42C. The molecule has 5 bridgehead atoms. The Bertz CT molecular complexity index is 465. The van der Waals surface area contributed by atoms with Gasteiger partial charge in [-0.25, -0.2) is 0 Å². The van der Waals surface area contributed by atoms with E-state index in [2.05, 4.69) is 41.5 Å². The lowest BCUT2D eigenvalue weighted by Gasteiger charge is -2.76. The Balaban J connectivity index is 1.87. The molecular weight excluding hydrogens is 216 g/mol. The third kappa shape index (κ3) is 0.549. The first-order chi connectivity index (χ1) is 8.35. The molecule has 0 heteroatoms. The Kier molecular flexibility index (Phi) is 1.41. The molecule has 6 aliphatic carbocycles. The fourth-order valence-corrected chi connectivity index (χ4v) is 10.0. The Morgan fingerprint density at radius 3 is 2.17 bits per heavy atom. The summed E-state index contributed by atoms with van der Waals surface area (Å²) in [6.07, 6.45) is 1.55. The van der Waals surface area contributed by atoms with Gasteiger partial charge < -0.3 is 0 Å². The van der Waals surface area contributed by atoms with Gasteiger partial charge in [0.2, 0.25) is 0 Å². The predicted molar refractivity (Wildman–Crippen MR) is 73.9 cm³/mol. The van der Waals surface area contributed by atoms with Gasteiger partial charge in [0.25, 0.3) is 0 Å². The molecule has 0 saturated heterocycles. The van der Waals surface area contributed by atoms with Crippen LogP contribution < -0.4 is 0 Å². The lowest BCUT2D eigenvalue weighted by Crippen LogP contribution is -2.72. The van der Waals surface area contributed by atoms with Gasteiger partial charge in [0.1, 0.15) is 0 Å². The monoisotopic (exact) mass is 244 g/mol. The molecule has 18 heavy (non-hydrogen) atoms. The average Bonchev–Trinajstić information content (AvgIpc) is 2.72. The summed E-state index contributed by atoms with van der Waals surface area (Å²) in [7, 11) is 0. The Morgan fingerprint density at radius 2 is 1.50 bits per heavy atom. The summed E-state index contributed by atoms with van der Waals surface area (Å²) in [6.45, 7) is 15.9. The van der Waals surface area contributed by atoms with Crippen molar-refractivity contribution in [2.24, 2.45) is 63.6 Å². The van der Waals surface area contributed by atoms with Gasteiger partial charge in [-0.3, -0.25) is 0 Å². The van der Waals surface area contributed by atoms with Crippen LogP contribution in [-0.4, -0.2) is 0 Å². The van der Waals surface area contributed by atoms with Gasteiger partial charge >= 0.3 is 0 Å². The van der Waals surface area contributed by atoms with Gasteiger partial charge in [-0.2, -0.15) is 0 Å². The molecule has 0 aliphatic heterocycles. The largest absolute Gasteiger partial charge is 0.0619 e. The highest BCUT2D eigenvalue weighted by atomic mass is 15.0. The van der Waals surface area contributed by atoms with Crippen LogP contribution >= 0.6 is 0 Å². The molecule has 100 valence electrons. The van der Waals surface area contributed by atoms with Crippen LogP contribution in [-0.2, 0) is 0 Å². The number of hydrogen-bond acceptors (Lipinski definition) is 0. The second kappa shape index (κ2) is 2.35. The first kappa shape index (κ1) is 10.7. The van der Waals surface area contributed by atoms with Crippen molar-refractivity contribution in [3.05, 3.63) is 0 Å². The van der Waals surface area contributed by atoms with Crippen LogP contribution in [0.3, 0.4) is 0 Å². The molecule has 0 amide bonds. The van der Waals surface area contributed by atoms with E-state index in [0.717, 1.165) is 52.8 Å². The van der Waals surface area contributed by atoms with E-state index in [9.17, 15) is 0 Å². The van der Waals surface area contributed by atoms with E-state index in [1.54, 1.807) is 6.42 Å². The van der Waals surface area contributed by atoms with Crippen LogP contribution in [0.4, 0.5) is 0 Å². The van der Waals surface area contributed by atoms with Crippen molar-refractivity contribution in [1.29, 1.82) is 0 Å². The molecular formula is C18H28. The van der Waals surface area contributed by atoms with Crippen molar-refractivity contribution in [1.82, 2.24) is 0 Å². The van der Waals surface area contributed by atoms with Crippen molar-refractivity contribution in [2.45, 2.75) is 48.0 Å². The van der Waals surface area contributed by atoms with Crippen molar-refractivity contribution in [2.75, 3.05) is 0 Å². The lowest BCUT2D eigenvalue weighted by molar-refractivity contribution is -0.292. The normalized spacial score (nSPS) is 82.3. The Morgan fingerprint density at radius 1 is 0.833 bits per heavy atom. The molecule has 6 saturated carbocycles. The Hall–Kier alpha value is 0. The van der Waals surface area contributed by atoms with Gasteiger partial charge in [-0.1, -0.05) is 41.5 Å². The summed E-state index contributed by atoms with van der Waals surface area (Å²) in [5, 5.41) is 0.